The fourth-order valence-corrected chi connectivity index (χ4v) is 10.6. The van der Waals surface area contributed by atoms with Gasteiger partial charge in [0.15, 0.2) is 11.3 Å². The van der Waals surface area contributed by atoms with E-state index < -0.39 is 33.2 Å². The minimum atomic E-state index is -3.76. The van der Waals surface area contributed by atoms with Crippen LogP contribution >= 0.6 is 11.6 Å². The van der Waals surface area contributed by atoms with Gasteiger partial charge in [0.1, 0.15) is 11.2 Å². The Balaban J connectivity index is 1.00. The first-order valence-corrected chi connectivity index (χ1v) is 22.0. The number of sulfonamides is 1. The standard InChI is InChI=1S/C43H45ClF2N6O7S/c1-23-26(28-8-5-9-30(36(28)44)33-19-47-34(41(49-33)57-3)22-51-16-13-25(53)21-51)6-4-7-27(23)40-48-32-18-31-29(37(38(32)58-40)59-42(45)46)10-11-35(31)52-17-12-24(20-52)39(54)50-60(55,56)43(2)14-15-43/h4-9,18-19,24-25,35,42,53H,10-17,20-22H2,1-3H3,(H,50,54)/t24-,25-,35-/m1/s1. The van der Waals surface area contributed by atoms with E-state index in [1.54, 1.807) is 20.2 Å². The van der Waals surface area contributed by atoms with Gasteiger partial charge in [-0.1, -0.05) is 41.9 Å². The molecule has 0 bridgehead atoms. The zero-order valence-electron chi connectivity index (χ0n) is 33.4. The van der Waals surface area contributed by atoms with E-state index in [4.69, 9.17) is 35.5 Å². The van der Waals surface area contributed by atoms with E-state index in [2.05, 4.69) is 19.5 Å². The molecule has 0 radical (unpaired) electrons. The highest BCUT2D eigenvalue weighted by atomic mass is 35.5. The zero-order chi connectivity index (χ0) is 42.1. The Morgan fingerprint density at radius 1 is 1.07 bits per heavy atom. The van der Waals surface area contributed by atoms with Gasteiger partial charge < -0.3 is 19.0 Å². The molecule has 9 rings (SSSR count). The number of carbonyl (C=O) groups excluding carboxylic acids is 1. The molecule has 316 valence electrons. The molecule has 4 aliphatic rings. The molecule has 2 aromatic heterocycles. The summed E-state index contributed by atoms with van der Waals surface area (Å²) >= 11 is 7.15. The number of alkyl halides is 2. The normalized spacial score (nSPS) is 21.5. The Labute approximate surface area is 351 Å². The van der Waals surface area contributed by atoms with Gasteiger partial charge in [0, 0.05) is 54.5 Å². The molecular formula is C43H45ClF2N6O7S. The molecule has 3 fully saturated rings. The average molecular weight is 863 g/mol. The number of benzene rings is 3. The molecular weight excluding hydrogens is 818 g/mol. The van der Waals surface area contributed by atoms with E-state index in [1.807, 2.05) is 49.4 Å². The number of rotatable bonds is 12. The number of β-amino-alcohol motifs (C(OH)–C–C–N with tert-alkyl or cyclic N) is 1. The maximum Gasteiger partial charge on any atom is 0.387 e. The van der Waals surface area contributed by atoms with Gasteiger partial charge in [0.05, 0.1) is 40.8 Å². The average Bonchev–Trinajstić information content (AvgIpc) is 3.68. The van der Waals surface area contributed by atoms with Crippen molar-refractivity contribution in [2.45, 2.75) is 82.4 Å². The van der Waals surface area contributed by atoms with Crippen LogP contribution in [0.4, 0.5) is 8.78 Å². The predicted molar refractivity (Wildman–Crippen MR) is 220 cm³/mol. The second-order valence-corrected chi connectivity index (χ2v) is 19.1. The molecule has 13 nitrogen and oxygen atoms in total. The zero-order valence-corrected chi connectivity index (χ0v) is 35.0. The molecule has 0 spiro atoms. The number of ether oxygens (including phenoxy) is 2. The number of nitrogens with one attached hydrogen (secondary N) is 1. The quantitative estimate of drug-likeness (QED) is 0.132. The lowest BCUT2D eigenvalue weighted by atomic mass is 9.94. The third kappa shape index (κ3) is 7.39. The van der Waals surface area contributed by atoms with E-state index in [0.29, 0.717) is 109 Å². The summed E-state index contributed by atoms with van der Waals surface area (Å²) in [5.74, 6) is -0.489. The monoisotopic (exact) mass is 862 g/mol. The molecule has 5 aromatic rings. The third-order valence-corrected chi connectivity index (χ3v) is 15.2. The lowest BCUT2D eigenvalue weighted by Gasteiger charge is -2.25. The second-order valence-electron chi connectivity index (χ2n) is 16.5. The number of fused-ring (bicyclic) bond motifs is 2. The predicted octanol–water partition coefficient (Wildman–Crippen LogP) is 7.06. The van der Waals surface area contributed by atoms with Crippen LogP contribution in [0.25, 0.3) is 44.9 Å². The Bertz CT molecular complexity index is 2620. The lowest BCUT2D eigenvalue weighted by molar-refractivity contribution is -0.122. The maximum absolute atomic E-state index is 14.0. The number of aromatic nitrogens is 3. The van der Waals surface area contributed by atoms with Gasteiger partial charge in [-0.25, -0.2) is 18.4 Å². The minimum absolute atomic E-state index is 0.0545. The minimum Gasteiger partial charge on any atom is -0.480 e. The summed E-state index contributed by atoms with van der Waals surface area (Å²) in [6.07, 6.45) is 4.59. The van der Waals surface area contributed by atoms with Crippen molar-refractivity contribution >= 4 is 38.6 Å². The van der Waals surface area contributed by atoms with Crippen molar-refractivity contribution in [1.29, 1.82) is 0 Å². The molecule has 17 heteroatoms. The molecule has 1 amide bonds. The van der Waals surface area contributed by atoms with Gasteiger partial charge >= 0.3 is 6.61 Å². The van der Waals surface area contributed by atoms with Gasteiger partial charge in [-0.15, -0.1) is 0 Å². The van der Waals surface area contributed by atoms with Crippen molar-refractivity contribution in [1.82, 2.24) is 29.5 Å². The SMILES string of the molecule is COc1nc(-c2cccc(-c3cccc(-c4nc5cc6c(c(OC(F)F)c5o4)CC[C@H]6N4CC[C@@H](C(=O)NS(=O)(=O)C5(C)CC5)C4)c3C)c2Cl)cnc1CN1CC[C@@H](O)C1. The molecule has 4 heterocycles. The Morgan fingerprint density at radius 3 is 2.53 bits per heavy atom. The lowest BCUT2D eigenvalue weighted by Crippen LogP contribution is -2.42. The summed E-state index contributed by atoms with van der Waals surface area (Å²) in [5, 5.41) is 10.4. The molecule has 1 saturated carbocycles. The number of aliphatic hydroxyl groups excluding tert-OH is 1. The number of hydrogen-bond donors (Lipinski definition) is 2. The van der Waals surface area contributed by atoms with E-state index in [-0.39, 0.29) is 29.4 Å². The van der Waals surface area contributed by atoms with Crippen LogP contribution in [0.15, 0.2) is 53.1 Å². The van der Waals surface area contributed by atoms with Crippen LogP contribution in [0.5, 0.6) is 11.6 Å². The highest BCUT2D eigenvalue weighted by molar-refractivity contribution is 7.91. The molecule has 0 unspecified atom stereocenters. The van der Waals surface area contributed by atoms with E-state index in [1.165, 1.54) is 0 Å². The number of aliphatic hydroxyl groups is 1. The topological polar surface area (TPSA) is 160 Å². The number of nitrogens with zero attached hydrogens (tertiary/aromatic N) is 5. The fraction of sp³-hybridized carbons (Fsp3) is 0.442. The van der Waals surface area contributed by atoms with Crippen LogP contribution in [0, 0.1) is 12.8 Å². The van der Waals surface area contributed by atoms with Crippen LogP contribution in [0.3, 0.4) is 0 Å². The summed E-state index contributed by atoms with van der Waals surface area (Å²) in [6, 6.07) is 12.9. The van der Waals surface area contributed by atoms with Gasteiger partial charge in [-0.3, -0.25) is 24.3 Å². The Hall–Kier alpha value is -4.74. The summed E-state index contributed by atoms with van der Waals surface area (Å²) < 4.78 is 72.1. The third-order valence-electron chi connectivity index (χ3n) is 12.6. The smallest absolute Gasteiger partial charge is 0.387 e. The molecule has 2 N–H and O–H groups in total. The van der Waals surface area contributed by atoms with Gasteiger partial charge in [0.25, 0.3) is 0 Å². The number of halogens is 3. The molecule has 60 heavy (non-hydrogen) atoms. The van der Waals surface area contributed by atoms with Gasteiger partial charge in [0.2, 0.25) is 27.7 Å². The van der Waals surface area contributed by atoms with Crippen LogP contribution in [0.1, 0.15) is 67.5 Å². The van der Waals surface area contributed by atoms with Gasteiger partial charge in [-0.05, 0) is 87.7 Å². The second kappa shape index (κ2) is 15.6. The number of hydrogen-bond acceptors (Lipinski definition) is 12. The first-order valence-electron chi connectivity index (χ1n) is 20.1. The van der Waals surface area contributed by atoms with Crippen LogP contribution in [0.2, 0.25) is 5.02 Å². The van der Waals surface area contributed by atoms with Crippen molar-refractivity contribution in [3.63, 3.8) is 0 Å². The van der Waals surface area contributed by atoms with Crippen molar-refractivity contribution in [3.8, 4) is 45.5 Å². The number of oxazole rings is 1. The molecule has 3 aromatic carbocycles. The maximum atomic E-state index is 14.0. The highest BCUT2D eigenvalue weighted by Crippen LogP contribution is 2.48. The molecule has 3 atom stereocenters. The Morgan fingerprint density at radius 2 is 1.82 bits per heavy atom. The van der Waals surface area contributed by atoms with E-state index in [0.717, 1.165) is 28.8 Å². The fourth-order valence-electron chi connectivity index (χ4n) is 8.93. The van der Waals surface area contributed by atoms with Crippen LogP contribution < -0.4 is 14.2 Å². The van der Waals surface area contributed by atoms with Gasteiger partial charge in [-0.2, -0.15) is 8.78 Å². The van der Waals surface area contributed by atoms with Crippen molar-refractivity contribution < 1.29 is 41.0 Å². The summed E-state index contributed by atoms with van der Waals surface area (Å²) in [5.41, 5.74) is 6.61. The van der Waals surface area contributed by atoms with Crippen LogP contribution in [-0.4, -0.2) is 94.9 Å². The summed E-state index contributed by atoms with van der Waals surface area (Å²) in [7, 11) is -2.22. The largest absolute Gasteiger partial charge is 0.480 e. The molecule has 2 aliphatic heterocycles. The van der Waals surface area contributed by atoms with Crippen molar-refractivity contribution in [2.75, 3.05) is 33.3 Å². The first kappa shape index (κ1) is 40.7. The number of methoxy groups -OCH3 is 1. The van der Waals surface area contributed by atoms with Crippen LogP contribution in [-0.2, 0) is 27.8 Å². The number of amides is 1. The van der Waals surface area contributed by atoms with Crippen molar-refractivity contribution in [2.24, 2.45) is 5.92 Å². The summed E-state index contributed by atoms with van der Waals surface area (Å²) in [6.45, 7) is 3.14. The van der Waals surface area contributed by atoms with E-state index >= 15 is 0 Å². The van der Waals surface area contributed by atoms with E-state index in [9.17, 15) is 27.1 Å². The number of carbonyl (C=O) groups is 1. The Kier molecular flexibility index (Phi) is 10.6. The molecule has 2 saturated heterocycles. The molecule has 2 aliphatic carbocycles. The number of likely N-dealkylation sites (tertiary alicyclic amines) is 2. The first-order chi connectivity index (χ1) is 28.7. The highest BCUT2D eigenvalue weighted by Gasteiger charge is 2.51. The van der Waals surface area contributed by atoms with Crippen molar-refractivity contribution in [3.05, 3.63) is 76.1 Å². The summed E-state index contributed by atoms with van der Waals surface area (Å²) in [4.78, 5) is 31.6.